The molecule has 1 unspecified atom stereocenters. The van der Waals surface area contributed by atoms with Crippen molar-refractivity contribution in [3.05, 3.63) is 41.5 Å². The summed E-state index contributed by atoms with van der Waals surface area (Å²) in [4.78, 5) is 30.2. The van der Waals surface area contributed by atoms with E-state index >= 15 is 0 Å². The number of aryl methyl sites for hydroxylation is 1. The maximum Gasteiger partial charge on any atom is 0.231 e. The van der Waals surface area contributed by atoms with Gasteiger partial charge in [-0.05, 0) is 37.3 Å². The lowest BCUT2D eigenvalue weighted by molar-refractivity contribution is -0.134. The van der Waals surface area contributed by atoms with Crippen LogP contribution in [0.25, 0.3) is 10.9 Å². The first-order valence-corrected chi connectivity index (χ1v) is 10.5. The number of rotatable bonds is 6. The number of aromatic amines is 1. The standard InChI is InChI=1S/C20H23N5O2S/c26-18(9-3-5-14-11-21-17-8-2-1-7-16(14)17)25-10-4-6-15(12-25)19(27)23-20-24-22-13-28-20/h1-2,7-8,11,13,15,21H,3-6,9-10,12H2,(H,23,24,27). The number of piperidine rings is 1. The summed E-state index contributed by atoms with van der Waals surface area (Å²) in [6.07, 6.45) is 5.85. The molecule has 1 saturated heterocycles. The summed E-state index contributed by atoms with van der Waals surface area (Å²) >= 11 is 1.30. The summed E-state index contributed by atoms with van der Waals surface area (Å²) in [7, 11) is 0. The monoisotopic (exact) mass is 397 g/mol. The quantitative estimate of drug-likeness (QED) is 0.668. The summed E-state index contributed by atoms with van der Waals surface area (Å²) in [6, 6.07) is 8.21. The fraction of sp³-hybridized carbons (Fsp3) is 0.400. The van der Waals surface area contributed by atoms with Crippen LogP contribution in [0.3, 0.4) is 0 Å². The van der Waals surface area contributed by atoms with Gasteiger partial charge >= 0.3 is 0 Å². The summed E-state index contributed by atoms with van der Waals surface area (Å²) < 4.78 is 0. The molecule has 2 amide bonds. The third kappa shape index (κ3) is 4.22. The highest BCUT2D eigenvalue weighted by molar-refractivity contribution is 7.13. The minimum absolute atomic E-state index is 0.0759. The molecule has 1 aliphatic heterocycles. The number of benzene rings is 1. The topological polar surface area (TPSA) is 91.0 Å². The van der Waals surface area contributed by atoms with E-state index in [9.17, 15) is 9.59 Å². The highest BCUT2D eigenvalue weighted by Gasteiger charge is 2.28. The number of para-hydroxylation sites is 1. The summed E-state index contributed by atoms with van der Waals surface area (Å²) in [5.74, 6) is -0.128. The zero-order chi connectivity index (χ0) is 19.3. The first-order valence-electron chi connectivity index (χ1n) is 9.60. The zero-order valence-electron chi connectivity index (χ0n) is 15.6. The molecule has 0 bridgehead atoms. The minimum Gasteiger partial charge on any atom is -0.361 e. The van der Waals surface area contributed by atoms with Crippen molar-refractivity contribution in [2.45, 2.75) is 32.1 Å². The molecule has 4 rings (SSSR count). The summed E-state index contributed by atoms with van der Waals surface area (Å²) in [5, 5.41) is 12.1. The molecule has 28 heavy (non-hydrogen) atoms. The molecule has 1 aromatic carbocycles. The van der Waals surface area contributed by atoms with Gasteiger partial charge in [-0.15, -0.1) is 10.2 Å². The number of hydrogen-bond acceptors (Lipinski definition) is 5. The Morgan fingerprint density at radius 1 is 1.32 bits per heavy atom. The van der Waals surface area contributed by atoms with Crippen LogP contribution in [0, 0.1) is 5.92 Å². The van der Waals surface area contributed by atoms with E-state index in [1.165, 1.54) is 22.3 Å². The molecule has 0 spiro atoms. The lowest BCUT2D eigenvalue weighted by Gasteiger charge is -2.32. The van der Waals surface area contributed by atoms with Gasteiger partial charge in [0.25, 0.3) is 0 Å². The van der Waals surface area contributed by atoms with Crippen LogP contribution in [0.15, 0.2) is 36.0 Å². The first-order chi connectivity index (χ1) is 13.7. The number of nitrogens with zero attached hydrogens (tertiary/aromatic N) is 3. The van der Waals surface area contributed by atoms with Crippen molar-refractivity contribution < 1.29 is 9.59 Å². The SMILES string of the molecule is O=C(Nc1nncs1)C1CCCN(C(=O)CCCc2c[nH]c3ccccc23)C1. The largest absolute Gasteiger partial charge is 0.361 e. The molecular weight excluding hydrogens is 374 g/mol. The smallest absolute Gasteiger partial charge is 0.231 e. The van der Waals surface area contributed by atoms with Crippen molar-refractivity contribution in [1.29, 1.82) is 0 Å². The van der Waals surface area contributed by atoms with Gasteiger partial charge in [0.15, 0.2) is 0 Å². The van der Waals surface area contributed by atoms with Crippen LogP contribution in [0.1, 0.15) is 31.2 Å². The predicted molar refractivity (Wildman–Crippen MR) is 109 cm³/mol. The second kappa shape index (κ2) is 8.52. The van der Waals surface area contributed by atoms with Gasteiger partial charge in [-0.1, -0.05) is 29.5 Å². The molecule has 0 saturated carbocycles. The Labute approximate surface area is 167 Å². The van der Waals surface area contributed by atoms with Gasteiger partial charge in [0.1, 0.15) is 5.51 Å². The Kier molecular flexibility index (Phi) is 5.66. The van der Waals surface area contributed by atoms with Crippen molar-refractivity contribution >= 4 is 39.2 Å². The average Bonchev–Trinajstić information content (AvgIpc) is 3.38. The van der Waals surface area contributed by atoms with Gasteiger partial charge in [-0.2, -0.15) is 0 Å². The Morgan fingerprint density at radius 3 is 3.07 bits per heavy atom. The number of H-pyrrole nitrogens is 1. The lowest BCUT2D eigenvalue weighted by atomic mass is 9.96. The third-order valence-corrected chi connectivity index (χ3v) is 5.85. The minimum atomic E-state index is -0.185. The molecule has 0 radical (unpaired) electrons. The second-order valence-electron chi connectivity index (χ2n) is 7.13. The van der Waals surface area contributed by atoms with E-state index in [0.29, 0.717) is 18.1 Å². The Bertz CT molecular complexity index is 953. The maximum absolute atomic E-state index is 12.6. The molecule has 3 aromatic rings. The molecule has 146 valence electrons. The van der Waals surface area contributed by atoms with Gasteiger partial charge in [-0.25, -0.2) is 0 Å². The number of anilines is 1. The van der Waals surface area contributed by atoms with E-state index in [1.54, 1.807) is 5.51 Å². The van der Waals surface area contributed by atoms with Gasteiger partial charge in [0, 0.05) is 36.6 Å². The molecule has 2 N–H and O–H groups in total. The van der Waals surface area contributed by atoms with Crippen molar-refractivity contribution in [3.8, 4) is 0 Å². The van der Waals surface area contributed by atoms with E-state index in [2.05, 4.69) is 32.6 Å². The van der Waals surface area contributed by atoms with Gasteiger partial charge < -0.3 is 15.2 Å². The van der Waals surface area contributed by atoms with E-state index in [4.69, 9.17) is 0 Å². The van der Waals surface area contributed by atoms with Crippen LogP contribution in [0.5, 0.6) is 0 Å². The van der Waals surface area contributed by atoms with E-state index < -0.39 is 0 Å². The number of hydrogen-bond donors (Lipinski definition) is 2. The molecule has 1 fully saturated rings. The highest BCUT2D eigenvalue weighted by atomic mass is 32.1. The van der Waals surface area contributed by atoms with E-state index in [1.807, 2.05) is 23.2 Å². The molecule has 0 aliphatic carbocycles. The highest BCUT2D eigenvalue weighted by Crippen LogP contribution is 2.22. The second-order valence-corrected chi connectivity index (χ2v) is 7.96. The van der Waals surface area contributed by atoms with Crippen LogP contribution < -0.4 is 5.32 Å². The summed E-state index contributed by atoms with van der Waals surface area (Å²) in [5.41, 5.74) is 3.96. The van der Waals surface area contributed by atoms with Gasteiger partial charge in [0.2, 0.25) is 16.9 Å². The number of aromatic nitrogens is 3. The number of carbonyl (C=O) groups excluding carboxylic acids is 2. The van der Waals surface area contributed by atoms with Crippen LogP contribution in [0.2, 0.25) is 0 Å². The first kappa shape index (κ1) is 18.6. The molecule has 2 aromatic heterocycles. The van der Waals surface area contributed by atoms with Crippen LogP contribution in [-0.4, -0.2) is 45.0 Å². The molecular formula is C20H23N5O2S. The van der Waals surface area contributed by atoms with Crippen molar-refractivity contribution in [2.75, 3.05) is 18.4 Å². The molecule has 3 heterocycles. The number of likely N-dealkylation sites (tertiary alicyclic amines) is 1. The normalized spacial score (nSPS) is 17.0. The van der Waals surface area contributed by atoms with E-state index in [-0.39, 0.29) is 17.7 Å². The maximum atomic E-state index is 12.6. The number of fused-ring (bicyclic) bond motifs is 1. The lowest BCUT2D eigenvalue weighted by Crippen LogP contribution is -2.43. The van der Waals surface area contributed by atoms with Gasteiger partial charge in [0.05, 0.1) is 5.92 Å². The van der Waals surface area contributed by atoms with Crippen molar-refractivity contribution in [1.82, 2.24) is 20.1 Å². The molecule has 1 aliphatic rings. The molecule has 8 heteroatoms. The fourth-order valence-corrected chi connectivity index (χ4v) is 4.23. The Hall–Kier alpha value is -2.74. The number of nitrogens with one attached hydrogen (secondary N) is 2. The average molecular weight is 398 g/mol. The van der Waals surface area contributed by atoms with E-state index in [0.717, 1.165) is 37.7 Å². The predicted octanol–water partition coefficient (Wildman–Crippen LogP) is 3.22. The van der Waals surface area contributed by atoms with Crippen molar-refractivity contribution in [3.63, 3.8) is 0 Å². The molecule has 7 nitrogen and oxygen atoms in total. The summed E-state index contributed by atoms with van der Waals surface area (Å²) in [6.45, 7) is 1.21. The van der Waals surface area contributed by atoms with Crippen molar-refractivity contribution in [2.24, 2.45) is 5.92 Å². The Morgan fingerprint density at radius 2 is 2.21 bits per heavy atom. The third-order valence-electron chi connectivity index (χ3n) is 5.25. The molecule has 1 atom stereocenters. The number of carbonyl (C=O) groups is 2. The fourth-order valence-electron chi connectivity index (χ4n) is 3.78. The zero-order valence-corrected chi connectivity index (χ0v) is 16.4. The van der Waals surface area contributed by atoms with Gasteiger partial charge in [-0.3, -0.25) is 9.59 Å². The van der Waals surface area contributed by atoms with Crippen LogP contribution >= 0.6 is 11.3 Å². The Balaban J connectivity index is 1.27. The number of amides is 2. The van der Waals surface area contributed by atoms with Crippen LogP contribution in [-0.2, 0) is 16.0 Å². The van der Waals surface area contributed by atoms with Crippen LogP contribution in [0.4, 0.5) is 5.13 Å².